The van der Waals surface area contributed by atoms with Gasteiger partial charge in [0.25, 0.3) is 0 Å². The third-order valence-electron chi connectivity index (χ3n) is 4.74. The highest BCUT2D eigenvalue weighted by atomic mass is 32.2. The predicted molar refractivity (Wildman–Crippen MR) is 96.1 cm³/mol. The predicted octanol–water partition coefficient (Wildman–Crippen LogP) is 4.46. The zero-order valence-corrected chi connectivity index (χ0v) is 14.5. The first kappa shape index (κ1) is 16.6. The van der Waals surface area contributed by atoms with Gasteiger partial charge in [0.05, 0.1) is 19.3 Å². The molecule has 2 aliphatic carbocycles. The maximum atomic E-state index is 5.89. The number of hydrogen-bond acceptors (Lipinski definition) is 3. The molecule has 0 amide bonds. The number of rotatable bonds is 5. The second-order valence-electron chi connectivity index (χ2n) is 6.37. The summed E-state index contributed by atoms with van der Waals surface area (Å²) in [5, 5.41) is 5.46. The number of benzene rings is 1. The Balaban J connectivity index is 1.42. The van der Waals surface area contributed by atoms with Crippen LogP contribution < -0.4 is 0 Å². The maximum absolute atomic E-state index is 5.89. The van der Waals surface area contributed by atoms with E-state index < -0.39 is 0 Å². The fourth-order valence-corrected chi connectivity index (χ4v) is 4.26. The highest BCUT2D eigenvalue weighted by Gasteiger charge is 2.39. The summed E-state index contributed by atoms with van der Waals surface area (Å²) < 4.78 is 10.9. The fourth-order valence-electron chi connectivity index (χ4n) is 3.67. The minimum absolute atomic E-state index is 0.451. The van der Waals surface area contributed by atoms with Gasteiger partial charge in [-0.2, -0.15) is 0 Å². The van der Waals surface area contributed by atoms with Crippen molar-refractivity contribution in [2.75, 3.05) is 20.3 Å². The van der Waals surface area contributed by atoms with Crippen LogP contribution in [0.1, 0.15) is 31.2 Å². The number of fused-ring (bicyclic) bond motifs is 1. The first-order valence-electron chi connectivity index (χ1n) is 8.35. The van der Waals surface area contributed by atoms with Crippen LogP contribution >= 0.6 is 11.8 Å². The molecule has 122 valence electrons. The van der Waals surface area contributed by atoms with Crippen LogP contribution in [0.15, 0.2) is 41.3 Å². The summed E-state index contributed by atoms with van der Waals surface area (Å²) in [6, 6.07) is 10.2. The third-order valence-corrected chi connectivity index (χ3v) is 5.41. The summed E-state index contributed by atoms with van der Waals surface area (Å²) in [5.41, 5.74) is 2.65. The average Bonchev–Trinajstić information content (AvgIpc) is 3.11. The van der Waals surface area contributed by atoms with Crippen LogP contribution in [0.2, 0.25) is 0 Å². The van der Waals surface area contributed by atoms with Gasteiger partial charge in [-0.05, 0) is 72.1 Å². The van der Waals surface area contributed by atoms with E-state index in [0.29, 0.717) is 12.7 Å². The van der Waals surface area contributed by atoms with Crippen molar-refractivity contribution in [2.24, 2.45) is 11.8 Å². The van der Waals surface area contributed by atoms with Gasteiger partial charge in [-0.1, -0.05) is 29.7 Å². The Bertz CT molecular complexity index is 569. The molecule has 0 aliphatic heterocycles. The number of methoxy groups -OCH3 is 1. The second kappa shape index (κ2) is 8.59. The summed E-state index contributed by atoms with van der Waals surface area (Å²) in [7, 11) is 1.72. The molecule has 1 aromatic carbocycles. The topological polar surface area (TPSA) is 18.5 Å². The molecule has 23 heavy (non-hydrogen) atoms. The Kier molecular flexibility index (Phi) is 6.21. The molecular formula is C20H24O2S. The minimum Gasteiger partial charge on any atom is -0.382 e. The van der Waals surface area contributed by atoms with Crippen LogP contribution in [-0.2, 0) is 9.47 Å². The van der Waals surface area contributed by atoms with Crippen molar-refractivity contribution in [2.45, 2.75) is 31.8 Å². The van der Waals surface area contributed by atoms with Crippen molar-refractivity contribution < 1.29 is 9.47 Å². The molecule has 3 heteroatoms. The van der Waals surface area contributed by atoms with E-state index in [4.69, 9.17) is 9.47 Å². The van der Waals surface area contributed by atoms with Crippen LogP contribution in [0.3, 0.4) is 0 Å². The third kappa shape index (κ3) is 4.88. The Hall–Kier alpha value is -1.21. The van der Waals surface area contributed by atoms with Crippen LogP contribution in [0, 0.1) is 23.0 Å². The van der Waals surface area contributed by atoms with E-state index in [1.807, 2.05) is 30.3 Å². The Morgan fingerprint density at radius 1 is 1.13 bits per heavy atom. The summed E-state index contributed by atoms with van der Waals surface area (Å²) in [6.45, 7) is 1.43. The molecule has 0 saturated heterocycles. The zero-order chi connectivity index (χ0) is 15.9. The van der Waals surface area contributed by atoms with E-state index in [1.54, 1.807) is 24.4 Å². The van der Waals surface area contributed by atoms with Gasteiger partial charge >= 0.3 is 0 Å². The lowest BCUT2D eigenvalue weighted by Crippen LogP contribution is -2.13. The number of thioether (sulfide) groups is 1. The molecule has 2 atom stereocenters. The van der Waals surface area contributed by atoms with Crippen molar-refractivity contribution in [3.05, 3.63) is 46.9 Å². The van der Waals surface area contributed by atoms with Crippen molar-refractivity contribution in [1.82, 2.24) is 0 Å². The van der Waals surface area contributed by atoms with Gasteiger partial charge in [0, 0.05) is 12.7 Å². The molecule has 0 N–H and O–H groups in total. The Morgan fingerprint density at radius 2 is 1.87 bits per heavy atom. The van der Waals surface area contributed by atoms with Gasteiger partial charge in [-0.25, -0.2) is 0 Å². The average molecular weight is 328 g/mol. The molecule has 0 aromatic heterocycles. The van der Waals surface area contributed by atoms with Crippen molar-refractivity contribution >= 4 is 11.8 Å². The lowest BCUT2D eigenvalue weighted by Gasteiger charge is -2.12. The fraction of sp³-hybridized carbons (Fsp3) is 0.500. The van der Waals surface area contributed by atoms with Crippen LogP contribution in [0.4, 0.5) is 0 Å². The molecule has 0 radical (unpaired) electrons. The maximum Gasteiger partial charge on any atom is 0.0704 e. The van der Waals surface area contributed by atoms with E-state index in [2.05, 4.69) is 16.6 Å². The highest BCUT2D eigenvalue weighted by Crippen LogP contribution is 2.47. The minimum atomic E-state index is 0.451. The van der Waals surface area contributed by atoms with Gasteiger partial charge in [-0.3, -0.25) is 0 Å². The van der Waals surface area contributed by atoms with E-state index in [-0.39, 0.29) is 0 Å². The number of hydrogen-bond donors (Lipinski definition) is 0. The van der Waals surface area contributed by atoms with Crippen molar-refractivity contribution in [3.8, 4) is 11.2 Å². The largest absolute Gasteiger partial charge is 0.382 e. The van der Waals surface area contributed by atoms with E-state index in [0.717, 1.165) is 24.0 Å². The molecule has 0 heterocycles. The van der Waals surface area contributed by atoms with E-state index in [1.165, 1.54) is 25.7 Å². The number of allylic oxidation sites excluding steroid dienone is 1. The van der Waals surface area contributed by atoms with Crippen LogP contribution in [0.25, 0.3) is 0 Å². The SMILES string of the molecule is COCCOC1CC2CC(=CSC#Cc3ccccc3)CC2C1. The van der Waals surface area contributed by atoms with Gasteiger partial charge in [-0.15, -0.1) is 0 Å². The summed E-state index contributed by atoms with van der Waals surface area (Å²) in [5.74, 6) is 4.82. The van der Waals surface area contributed by atoms with Gasteiger partial charge in [0.15, 0.2) is 0 Å². The summed E-state index contributed by atoms with van der Waals surface area (Å²) in [6.07, 6.45) is 5.34. The Labute approximate surface area is 143 Å². The molecular weight excluding hydrogens is 304 g/mol. The van der Waals surface area contributed by atoms with Gasteiger partial charge in [0.2, 0.25) is 0 Å². The van der Waals surface area contributed by atoms with E-state index >= 15 is 0 Å². The van der Waals surface area contributed by atoms with Crippen molar-refractivity contribution in [1.29, 1.82) is 0 Å². The molecule has 0 bridgehead atoms. The van der Waals surface area contributed by atoms with Crippen molar-refractivity contribution in [3.63, 3.8) is 0 Å². The quantitative estimate of drug-likeness (QED) is 0.587. The number of ether oxygens (including phenoxy) is 2. The zero-order valence-electron chi connectivity index (χ0n) is 13.7. The normalized spacial score (nSPS) is 25.8. The molecule has 2 nitrogen and oxygen atoms in total. The first-order chi connectivity index (χ1) is 11.3. The highest BCUT2D eigenvalue weighted by molar-refractivity contribution is 8.06. The van der Waals surface area contributed by atoms with Gasteiger partial charge < -0.3 is 9.47 Å². The molecule has 2 fully saturated rings. The van der Waals surface area contributed by atoms with Crippen LogP contribution in [-0.4, -0.2) is 26.4 Å². The molecule has 2 saturated carbocycles. The van der Waals surface area contributed by atoms with Crippen LogP contribution in [0.5, 0.6) is 0 Å². The standard InChI is InChI=1S/C20H24O2S/c1-21-8-9-22-20-13-18-11-17(12-19(18)14-20)15-23-10-7-16-5-3-2-4-6-16/h2-6,15,18-20H,8-9,11-14H2,1H3. The molecule has 0 spiro atoms. The van der Waals surface area contributed by atoms with E-state index in [9.17, 15) is 0 Å². The molecule has 2 aliphatic rings. The molecule has 1 aromatic rings. The second-order valence-corrected chi connectivity index (χ2v) is 7.05. The molecule has 2 unspecified atom stereocenters. The lowest BCUT2D eigenvalue weighted by atomic mass is 10.0. The van der Waals surface area contributed by atoms with Gasteiger partial charge in [0.1, 0.15) is 0 Å². The summed E-state index contributed by atoms with van der Waals surface area (Å²) in [4.78, 5) is 0. The first-order valence-corrected chi connectivity index (χ1v) is 9.23. The molecule has 3 rings (SSSR count). The summed E-state index contributed by atoms with van der Waals surface area (Å²) >= 11 is 1.63. The monoisotopic (exact) mass is 328 g/mol. The lowest BCUT2D eigenvalue weighted by molar-refractivity contribution is 0.0175. The Morgan fingerprint density at radius 3 is 2.57 bits per heavy atom. The smallest absolute Gasteiger partial charge is 0.0704 e.